The molecular formula is C41H44Cl2F6N4O3. The van der Waals surface area contributed by atoms with Gasteiger partial charge in [0, 0.05) is 66.6 Å². The Hall–Kier alpha value is -3.94. The number of hydrogen-bond donors (Lipinski definition) is 2. The zero-order valence-electron chi connectivity index (χ0n) is 30.8. The van der Waals surface area contributed by atoms with Gasteiger partial charge in [0.1, 0.15) is 0 Å². The van der Waals surface area contributed by atoms with Crippen LogP contribution in [0.25, 0.3) is 11.1 Å². The lowest BCUT2D eigenvalue weighted by atomic mass is 9.68. The topological polar surface area (TPSA) is 99.4 Å². The molecule has 1 aliphatic heterocycles. The number of fused-ring (bicyclic) bond motifs is 1. The van der Waals surface area contributed by atoms with E-state index in [0.717, 1.165) is 24.3 Å². The first-order chi connectivity index (χ1) is 25.5. The number of carboxylic acid groups (broad SMARTS) is 1. The highest BCUT2D eigenvalue weighted by Gasteiger charge is 2.44. The number of aliphatic hydroxyl groups is 1. The van der Waals surface area contributed by atoms with Crippen LogP contribution in [0.15, 0.2) is 60.9 Å². The molecule has 3 heterocycles. The maximum Gasteiger partial charge on any atom is 0.416 e. The Morgan fingerprint density at radius 2 is 1.52 bits per heavy atom. The second kappa shape index (κ2) is 16.5. The molecule has 1 saturated heterocycles. The van der Waals surface area contributed by atoms with Crippen LogP contribution in [-0.2, 0) is 12.6 Å². The second-order valence-corrected chi connectivity index (χ2v) is 15.8. The molecule has 0 bridgehead atoms. The molecule has 302 valence electrons. The van der Waals surface area contributed by atoms with Crippen molar-refractivity contribution < 1.29 is 41.4 Å². The molecule has 2 N–H and O–H groups in total. The number of rotatable bonds is 7. The monoisotopic (exact) mass is 824 g/mol. The summed E-state index contributed by atoms with van der Waals surface area (Å²) in [5.41, 5.74) is 2.46. The van der Waals surface area contributed by atoms with Crippen molar-refractivity contribution in [3.63, 3.8) is 0 Å². The minimum absolute atomic E-state index is 0. The van der Waals surface area contributed by atoms with Crippen molar-refractivity contribution in [2.24, 2.45) is 5.41 Å². The van der Waals surface area contributed by atoms with Crippen molar-refractivity contribution in [1.29, 1.82) is 0 Å². The minimum atomic E-state index is -4.61. The lowest BCUT2D eigenvalue weighted by Crippen LogP contribution is -2.36. The van der Waals surface area contributed by atoms with Crippen molar-refractivity contribution in [3.8, 4) is 11.1 Å². The summed E-state index contributed by atoms with van der Waals surface area (Å²) in [5, 5.41) is 21.0. The standard InChI is InChI=1S/C41H42F6N4O3.2ClH/c1-39(2)19-30-33(31(52)20-39)32(23-10-14-40(43,44)15-11-23)34(35(42)24-6-8-29(9-7-24)41(45,46)47)36(50-30)25-12-16-51(17-13-25)38-48-21-28(22-49-38)26-4-3-5-27(18-26)37(53)54;;/h3-9,18,21-23,25,31,35,52H,10-17,19-20H2,1-2H3,(H,53,54);2*1H/t31-,35?;;/m0../s1. The molecule has 0 amide bonds. The normalized spacial score (nSPS) is 20.3. The van der Waals surface area contributed by atoms with E-state index in [1.807, 2.05) is 18.7 Å². The van der Waals surface area contributed by atoms with Gasteiger partial charge < -0.3 is 15.1 Å². The lowest BCUT2D eigenvalue weighted by molar-refractivity contribution is -0.137. The van der Waals surface area contributed by atoms with Gasteiger partial charge in [-0.15, -0.1) is 24.8 Å². The number of nitrogens with zero attached hydrogens (tertiary/aromatic N) is 4. The van der Waals surface area contributed by atoms with Gasteiger partial charge in [-0.05, 0) is 90.8 Å². The van der Waals surface area contributed by atoms with Crippen molar-refractivity contribution in [3.05, 3.63) is 106 Å². The molecule has 56 heavy (non-hydrogen) atoms. The van der Waals surface area contributed by atoms with E-state index in [2.05, 4.69) is 9.97 Å². The van der Waals surface area contributed by atoms with E-state index in [9.17, 15) is 37.0 Å². The van der Waals surface area contributed by atoms with Crippen molar-refractivity contribution >= 4 is 36.7 Å². The van der Waals surface area contributed by atoms with Gasteiger partial charge in [0.2, 0.25) is 11.9 Å². The Balaban J connectivity index is 0.00000300. The van der Waals surface area contributed by atoms with Crippen molar-refractivity contribution in [1.82, 2.24) is 15.0 Å². The van der Waals surface area contributed by atoms with Gasteiger partial charge >= 0.3 is 12.1 Å². The predicted octanol–water partition coefficient (Wildman–Crippen LogP) is 10.8. The van der Waals surface area contributed by atoms with Gasteiger partial charge in [-0.1, -0.05) is 38.1 Å². The molecule has 0 radical (unpaired) electrons. The van der Waals surface area contributed by atoms with Crippen LogP contribution in [0.1, 0.15) is 132 Å². The average Bonchev–Trinajstić information content (AvgIpc) is 3.13. The third kappa shape index (κ3) is 8.95. The molecule has 2 fully saturated rings. The third-order valence-corrected chi connectivity index (χ3v) is 11.3. The summed E-state index contributed by atoms with van der Waals surface area (Å²) in [6, 6.07) is 10.4. The minimum Gasteiger partial charge on any atom is -0.478 e. The van der Waals surface area contributed by atoms with E-state index in [-0.39, 0.29) is 78.5 Å². The fraction of sp³-hybridized carbons (Fsp3) is 0.463. The quantitative estimate of drug-likeness (QED) is 0.179. The Morgan fingerprint density at radius 1 is 0.893 bits per heavy atom. The van der Waals surface area contributed by atoms with E-state index in [0.29, 0.717) is 78.4 Å². The Labute approximate surface area is 333 Å². The van der Waals surface area contributed by atoms with Gasteiger partial charge in [-0.2, -0.15) is 13.2 Å². The fourth-order valence-electron chi connectivity index (χ4n) is 8.53. The first-order valence-corrected chi connectivity index (χ1v) is 18.3. The summed E-state index contributed by atoms with van der Waals surface area (Å²) in [7, 11) is 0. The SMILES string of the molecule is CC1(C)Cc2nc(C3CCN(c4ncc(-c5cccc(C(=O)O)c5)cn4)CC3)c(C(F)c3ccc(C(F)(F)F)cc3)c(C3CCC(F)(F)CC3)c2[C@@H](O)C1.Cl.Cl. The molecule has 2 aromatic carbocycles. The van der Waals surface area contributed by atoms with Crippen LogP contribution >= 0.6 is 24.8 Å². The van der Waals surface area contributed by atoms with Crippen LogP contribution in [0.3, 0.4) is 0 Å². The predicted molar refractivity (Wildman–Crippen MR) is 205 cm³/mol. The number of pyridine rings is 1. The molecule has 1 saturated carbocycles. The van der Waals surface area contributed by atoms with Crippen LogP contribution < -0.4 is 4.90 Å². The molecule has 1 unspecified atom stereocenters. The number of carbonyl (C=O) groups is 1. The van der Waals surface area contributed by atoms with E-state index in [1.165, 1.54) is 6.07 Å². The van der Waals surface area contributed by atoms with E-state index in [1.54, 1.807) is 30.6 Å². The number of carboxylic acids is 1. The number of aliphatic hydroxyl groups excluding tert-OH is 1. The molecule has 2 aliphatic carbocycles. The highest BCUT2D eigenvalue weighted by molar-refractivity contribution is 5.89. The number of anilines is 1. The van der Waals surface area contributed by atoms with E-state index >= 15 is 4.39 Å². The van der Waals surface area contributed by atoms with Gasteiger partial charge in [0.25, 0.3) is 0 Å². The largest absolute Gasteiger partial charge is 0.478 e. The van der Waals surface area contributed by atoms with Gasteiger partial charge in [-0.25, -0.2) is 27.9 Å². The highest BCUT2D eigenvalue weighted by Crippen LogP contribution is 2.52. The first kappa shape index (κ1) is 43.2. The Kier molecular flexibility index (Phi) is 12.7. The maximum atomic E-state index is 17.3. The zero-order chi connectivity index (χ0) is 38.6. The summed E-state index contributed by atoms with van der Waals surface area (Å²) in [6.45, 7) is 4.99. The van der Waals surface area contributed by atoms with Crippen LogP contribution in [0.2, 0.25) is 0 Å². The summed E-state index contributed by atoms with van der Waals surface area (Å²) in [5.74, 6) is -4.20. The Morgan fingerprint density at radius 3 is 2.11 bits per heavy atom. The molecule has 2 atom stereocenters. The Bertz CT molecular complexity index is 2010. The van der Waals surface area contributed by atoms with Crippen LogP contribution in [0.4, 0.5) is 32.3 Å². The average molecular weight is 826 g/mol. The molecule has 3 aliphatic rings. The van der Waals surface area contributed by atoms with Gasteiger partial charge in [0.15, 0.2) is 6.17 Å². The first-order valence-electron chi connectivity index (χ1n) is 18.3. The number of aromatic nitrogens is 3. The van der Waals surface area contributed by atoms with Crippen molar-refractivity contribution in [2.75, 3.05) is 18.0 Å². The van der Waals surface area contributed by atoms with Gasteiger partial charge in [-0.3, -0.25) is 4.98 Å². The number of benzene rings is 2. The number of aromatic carboxylic acids is 1. The second-order valence-electron chi connectivity index (χ2n) is 15.8. The zero-order valence-corrected chi connectivity index (χ0v) is 32.5. The highest BCUT2D eigenvalue weighted by atomic mass is 35.5. The maximum absolute atomic E-state index is 17.3. The number of piperidine rings is 1. The molecule has 0 spiro atoms. The lowest BCUT2D eigenvalue weighted by Gasteiger charge is -2.41. The third-order valence-electron chi connectivity index (χ3n) is 11.3. The molecule has 2 aromatic heterocycles. The molecule has 15 heteroatoms. The van der Waals surface area contributed by atoms with Crippen LogP contribution in [0.5, 0.6) is 0 Å². The summed E-state index contributed by atoms with van der Waals surface area (Å²) in [4.78, 5) is 27.7. The summed E-state index contributed by atoms with van der Waals surface area (Å²) >= 11 is 0. The fourth-order valence-corrected chi connectivity index (χ4v) is 8.53. The van der Waals surface area contributed by atoms with Crippen molar-refractivity contribution in [2.45, 2.75) is 101 Å². The molecule has 7 rings (SSSR count). The van der Waals surface area contributed by atoms with E-state index in [4.69, 9.17) is 4.98 Å². The van der Waals surface area contributed by atoms with E-state index < -0.39 is 41.8 Å². The molecular weight excluding hydrogens is 781 g/mol. The summed E-state index contributed by atoms with van der Waals surface area (Å²) in [6.07, 6.45) is -2.98. The van der Waals surface area contributed by atoms with Gasteiger partial charge in [0.05, 0.1) is 22.9 Å². The van der Waals surface area contributed by atoms with Crippen LogP contribution in [0, 0.1) is 5.41 Å². The summed E-state index contributed by atoms with van der Waals surface area (Å²) < 4.78 is 86.8. The number of hydrogen-bond acceptors (Lipinski definition) is 6. The molecule has 4 aromatic rings. The number of alkyl halides is 6. The number of halogens is 8. The van der Waals surface area contributed by atoms with Crippen LogP contribution in [-0.4, -0.2) is 50.1 Å². The smallest absolute Gasteiger partial charge is 0.416 e. The molecule has 7 nitrogen and oxygen atoms in total.